The lowest BCUT2D eigenvalue weighted by Crippen LogP contribution is -2.29. The highest BCUT2D eigenvalue weighted by Gasteiger charge is 2.31. The summed E-state index contributed by atoms with van der Waals surface area (Å²) in [5.41, 5.74) is 0.569. The Morgan fingerprint density at radius 3 is 2.60 bits per heavy atom. The monoisotopic (exact) mass is 277 g/mol. The lowest BCUT2D eigenvalue weighted by molar-refractivity contribution is -0.141. The highest BCUT2D eigenvalue weighted by Crippen LogP contribution is 2.20. The predicted molar refractivity (Wildman–Crippen MR) is 73.9 cm³/mol. The quantitative estimate of drug-likeness (QED) is 0.894. The minimum absolute atomic E-state index is 0.115. The van der Waals surface area contributed by atoms with Crippen molar-refractivity contribution >= 4 is 11.9 Å². The van der Waals surface area contributed by atoms with Crippen LogP contribution in [0, 0.1) is 5.92 Å². The molecule has 0 spiro atoms. The number of carbonyl (C=O) groups is 2. The Balaban J connectivity index is 1.97. The molecule has 20 heavy (non-hydrogen) atoms. The number of aliphatic carboxylic acids is 1. The highest BCUT2D eigenvalue weighted by molar-refractivity contribution is 5.94. The first-order valence-corrected chi connectivity index (χ1v) is 6.86. The van der Waals surface area contributed by atoms with E-state index in [0.717, 1.165) is 12.2 Å². The van der Waals surface area contributed by atoms with Gasteiger partial charge in [0.1, 0.15) is 5.75 Å². The minimum Gasteiger partial charge on any atom is -0.494 e. The van der Waals surface area contributed by atoms with Crippen molar-refractivity contribution in [1.82, 2.24) is 4.90 Å². The maximum absolute atomic E-state index is 12.2. The van der Waals surface area contributed by atoms with Crippen molar-refractivity contribution in [2.24, 2.45) is 5.92 Å². The smallest absolute Gasteiger partial charge is 0.308 e. The van der Waals surface area contributed by atoms with Crippen molar-refractivity contribution in [2.45, 2.75) is 19.8 Å². The summed E-state index contributed by atoms with van der Waals surface area (Å²) in [5.74, 6) is -0.640. The topological polar surface area (TPSA) is 66.8 Å². The van der Waals surface area contributed by atoms with Crippen LogP contribution >= 0.6 is 0 Å². The molecule has 108 valence electrons. The molecular weight excluding hydrogens is 258 g/mol. The standard InChI is InChI=1S/C15H19NO4/c1-2-9-20-13-5-3-11(4-6-13)14(17)16-8-7-12(10-16)15(18)19/h3-6,12H,2,7-10H2,1H3,(H,18,19). The summed E-state index contributed by atoms with van der Waals surface area (Å²) >= 11 is 0. The van der Waals surface area contributed by atoms with Crippen molar-refractivity contribution in [2.75, 3.05) is 19.7 Å². The first kappa shape index (κ1) is 14.4. The minimum atomic E-state index is -0.830. The Bertz CT molecular complexity index is 483. The van der Waals surface area contributed by atoms with E-state index in [2.05, 4.69) is 0 Å². The summed E-state index contributed by atoms with van der Waals surface area (Å²) in [4.78, 5) is 24.7. The number of carboxylic acids is 1. The molecule has 1 N–H and O–H groups in total. The van der Waals surface area contributed by atoms with Crippen molar-refractivity contribution in [3.63, 3.8) is 0 Å². The van der Waals surface area contributed by atoms with Crippen LogP contribution in [0.4, 0.5) is 0 Å². The van der Waals surface area contributed by atoms with E-state index >= 15 is 0 Å². The number of nitrogens with zero attached hydrogens (tertiary/aromatic N) is 1. The maximum atomic E-state index is 12.2. The molecule has 5 nitrogen and oxygen atoms in total. The zero-order chi connectivity index (χ0) is 14.5. The molecule has 1 aromatic carbocycles. The van der Waals surface area contributed by atoms with Gasteiger partial charge in [-0.2, -0.15) is 0 Å². The average molecular weight is 277 g/mol. The van der Waals surface area contributed by atoms with E-state index in [1.807, 2.05) is 6.92 Å². The van der Waals surface area contributed by atoms with E-state index in [4.69, 9.17) is 9.84 Å². The van der Waals surface area contributed by atoms with Crippen LogP contribution in [0.25, 0.3) is 0 Å². The molecule has 1 amide bonds. The maximum Gasteiger partial charge on any atom is 0.308 e. The lowest BCUT2D eigenvalue weighted by Gasteiger charge is -2.16. The van der Waals surface area contributed by atoms with E-state index in [9.17, 15) is 9.59 Å². The molecule has 1 unspecified atom stereocenters. The number of benzene rings is 1. The molecule has 1 aliphatic heterocycles. The van der Waals surface area contributed by atoms with Crippen LogP contribution < -0.4 is 4.74 Å². The molecule has 1 atom stereocenters. The van der Waals surface area contributed by atoms with Gasteiger partial charge in [-0.3, -0.25) is 9.59 Å². The normalized spacial score (nSPS) is 18.1. The van der Waals surface area contributed by atoms with Gasteiger partial charge in [0.05, 0.1) is 12.5 Å². The van der Waals surface area contributed by atoms with Gasteiger partial charge in [0.2, 0.25) is 0 Å². The van der Waals surface area contributed by atoms with Crippen molar-refractivity contribution in [3.05, 3.63) is 29.8 Å². The van der Waals surface area contributed by atoms with Crippen molar-refractivity contribution < 1.29 is 19.4 Å². The van der Waals surface area contributed by atoms with E-state index in [1.165, 1.54) is 0 Å². The Kier molecular flexibility index (Phi) is 4.61. The number of hydrogen-bond acceptors (Lipinski definition) is 3. The molecule has 0 saturated carbocycles. The summed E-state index contributed by atoms with van der Waals surface area (Å²) in [7, 11) is 0. The highest BCUT2D eigenvalue weighted by atomic mass is 16.5. The third kappa shape index (κ3) is 3.29. The Morgan fingerprint density at radius 2 is 2.05 bits per heavy atom. The van der Waals surface area contributed by atoms with Crippen LogP contribution in [-0.4, -0.2) is 41.6 Å². The molecular formula is C15H19NO4. The van der Waals surface area contributed by atoms with Gasteiger partial charge in [-0.15, -0.1) is 0 Å². The Hall–Kier alpha value is -2.04. The number of hydrogen-bond donors (Lipinski definition) is 1. The van der Waals surface area contributed by atoms with Crippen LogP contribution in [0.1, 0.15) is 30.1 Å². The number of rotatable bonds is 5. The second kappa shape index (κ2) is 6.41. The van der Waals surface area contributed by atoms with Gasteiger partial charge in [0.25, 0.3) is 5.91 Å². The number of carbonyl (C=O) groups excluding carboxylic acids is 1. The molecule has 5 heteroatoms. The average Bonchev–Trinajstić information content (AvgIpc) is 2.95. The fourth-order valence-corrected chi connectivity index (χ4v) is 2.24. The molecule has 1 aliphatic rings. The number of ether oxygens (including phenoxy) is 1. The summed E-state index contributed by atoms with van der Waals surface area (Å²) < 4.78 is 5.46. The second-order valence-corrected chi connectivity index (χ2v) is 4.95. The first-order valence-electron chi connectivity index (χ1n) is 6.86. The van der Waals surface area contributed by atoms with Gasteiger partial charge in [-0.05, 0) is 37.1 Å². The van der Waals surface area contributed by atoms with Gasteiger partial charge in [-0.1, -0.05) is 6.92 Å². The van der Waals surface area contributed by atoms with Crippen molar-refractivity contribution in [3.8, 4) is 5.75 Å². The zero-order valence-corrected chi connectivity index (χ0v) is 11.5. The van der Waals surface area contributed by atoms with Crippen molar-refractivity contribution in [1.29, 1.82) is 0 Å². The molecule has 1 fully saturated rings. The largest absolute Gasteiger partial charge is 0.494 e. The van der Waals surface area contributed by atoms with Gasteiger partial charge in [0.15, 0.2) is 0 Å². The fourth-order valence-electron chi connectivity index (χ4n) is 2.24. The summed E-state index contributed by atoms with van der Waals surface area (Å²) in [5, 5.41) is 8.95. The van der Waals surface area contributed by atoms with Crippen LogP contribution in [0.5, 0.6) is 5.75 Å². The van der Waals surface area contributed by atoms with E-state index in [1.54, 1.807) is 29.2 Å². The lowest BCUT2D eigenvalue weighted by atomic mass is 10.1. The molecule has 1 aromatic rings. The van der Waals surface area contributed by atoms with E-state index in [-0.39, 0.29) is 5.91 Å². The molecule has 1 heterocycles. The molecule has 0 aliphatic carbocycles. The van der Waals surface area contributed by atoms with Crippen LogP contribution in [0.15, 0.2) is 24.3 Å². The fraction of sp³-hybridized carbons (Fsp3) is 0.467. The third-order valence-electron chi connectivity index (χ3n) is 3.40. The van der Waals surface area contributed by atoms with Gasteiger partial charge >= 0.3 is 5.97 Å². The number of likely N-dealkylation sites (tertiary alicyclic amines) is 1. The second-order valence-electron chi connectivity index (χ2n) is 4.95. The molecule has 0 aromatic heterocycles. The van der Waals surface area contributed by atoms with Crippen LogP contribution in [-0.2, 0) is 4.79 Å². The predicted octanol–water partition coefficient (Wildman–Crippen LogP) is 2.02. The summed E-state index contributed by atoms with van der Waals surface area (Å²) in [6.07, 6.45) is 1.46. The number of amides is 1. The van der Waals surface area contributed by atoms with E-state index < -0.39 is 11.9 Å². The first-order chi connectivity index (χ1) is 9.61. The van der Waals surface area contributed by atoms with Gasteiger partial charge in [0, 0.05) is 18.7 Å². The molecule has 1 saturated heterocycles. The summed E-state index contributed by atoms with van der Waals surface area (Å²) in [6, 6.07) is 6.99. The molecule has 0 bridgehead atoms. The van der Waals surface area contributed by atoms with Gasteiger partial charge < -0.3 is 14.7 Å². The van der Waals surface area contributed by atoms with E-state index in [0.29, 0.717) is 31.7 Å². The SMILES string of the molecule is CCCOc1ccc(C(=O)N2CCC(C(=O)O)C2)cc1. The molecule has 2 rings (SSSR count). The third-order valence-corrected chi connectivity index (χ3v) is 3.40. The zero-order valence-electron chi connectivity index (χ0n) is 11.5. The molecule has 0 radical (unpaired) electrons. The number of carboxylic acid groups (broad SMARTS) is 1. The summed E-state index contributed by atoms with van der Waals surface area (Å²) in [6.45, 7) is 3.48. The Morgan fingerprint density at radius 1 is 1.35 bits per heavy atom. The Labute approximate surface area is 118 Å². The van der Waals surface area contributed by atoms with Gasteiger partial charge in [-0.25, -0.2) is 0 Å². The van der Waals surface area contributed by atoms with Crippen LogP contribution in [0.3, 0.4) is 0 Å². The van der Waals surface area contributed by atoms with Crippen LogP contribution in [0.2, 0.25) is 0 Å².